The maximum absolute atomic E-state index is 14.9. The molecule has 0 saturated carbocycles. The molecule has 0 heterocycles. The largest absolute Gasteiger partial charge is 0.392 e. The molecule has 0 aromatic rings. The van der Waals surface area contributed by atoms with Crippen LogP contribution in [0.25, 0.3) is 0 Å². The molecule has 744 valence electrons. The molecule has 0 spiro atoms. The van der Waals surface area contributed by atoms with E-state index in [4.69, 9.17) is 5.73 Å². The number of hydrogen-bond donors (Lipinski definition) is 10. The van der Waals surface area contributed by atoms with Gasteiger partial charge < -0.3 is 125 Å². The Morgan fingerprint density at radius 2 is 0.333 bits per heavy atom. The van der Waals surface area contributed by atoms with E-state index in [-0.39, 0.29) is 64.3 Å². The highest BCUT2D eigenvalue weighted by Crippen LogP contribution is 2.19. The Hall–Kier alpha value is -8.84. The number of nitrogens with zero attached hydrogens (tertiary/aromatic N) is 15. The molecule has 0 rings (SSSR count). The summed E-state index contributed by atoms with van der Waals surface area (Å²) in [6.45, 7) is 25.2. The first-order valence-corrected chi connectivity index (χ1v) is 45.8. The third kappa shape index (κ3) is 44.3. The number of nitrogens with one attached hydrogen (secondary N) is 1. The van der Waals surface area contributed by atoms with E-state index in [1.54, 1.807) is 96.9 Å². The molecular formula is C88H163N17O24. The second kappa shape index (κ2) is 61.0. The summed E-state index contributed by atoms with van der Waals surface area (Å²) in [6, 6.07) is -4.79. The summed E-state index contributed by atoms with van der Waals surface area (Å²) in [7, 11) is 0. The zero-order valence-corrected chi connectivity index (χ0v) is 81.8. The highest BCUT2D eigenvalue weighted by Gasteiger charge is 2.39. The lowest BCUT2D eigenvalue weighted by Gasteiger charge is -2.37. The second-order valence-electron chi connectivity index (χ2n) is 35.1. The first-order valence-electron chi connectivity index (χ1n) is 45.8. The lowest BCUT2D eigenvalue weighted by Crippen LogP contribution is -2.56. The quantitative estimate of drug-likeness (QED) is 0.0313. The lowest BCUT2D eigenvalue weighted by atomic mass is 10.1. The van der Waals surface area contributed by atoms with Crippen molar-refractivity contribution in [1.29, 1.82) is 0 Å². The van der Waals surface area contributed by atoms with Crippen LogP contribution in [0.5, 0.6) is 0 Å². The molecule has 0 aromatic heterocycles. The molecule has 0 saturated heterocycles. The predicted molar refractivity (Wildman–Crippen MR) is 483 cm³/mol. The van der Waals surface area contributed by atoms with E-state index in [0.717, 1.165) is 55.4 Å². The van der Waals surface area contributed by atoms with Gasteiger partial charge in [-0.15, -0.1) is 0 Å². The van der Waals surface area contributed by atoms with Crippen LogP contribution >= 0.6 is 0 Å². The standard InChI is InChI=1S/C88H163N17O24/c1-25-57(9)90-33-74(115)92(35-66(18)107)43-82(123)100(59(11)27-3)51-76(117)94(37-68(20)109)45-84(125)102(61(13)29-5)53-78(119)96(39-70(22)111)47-86(127)104(63(15)31-7)55-80(121)98(41-72(24)113)49-88(129)105(64(16)32-8)56-81(122)97(40-71(23)112)48-87(128)103(62(14)30-6)54-79(120)95(38-69(21)110)46-85(126)101(60(12)28-4)52-77(118)93(36-67(19)108)44-83(124)99(58(10)26-2)50-75(116)91(34-65(17)106)42-73(89)114/h57-72,90,106-113H,25-56H2,1-24H3,(H2,89,114). The first-order chi connectivity index (χ1) is 60.0. The van der Waals surface area contributed by atoms with Crippen molar-refractivity contribution < 1.29 is 118 Å². The molecule has 0 aromatic carbocycles. The van der Waals surface area contributed by atoms with Gasteiger partial charge in [-0.1, -0.05) is 55.4 Å². The molecule has 16 atom stereocenters. The van der Waals surface area contributed by atoms with Gasteiger partial charge in [-0.25, -0.2) is 0 Å². The summed E-state index contributed by atoms with van der Waals surface area (Å²) in [6.07, 6.45) is -6.82. The van der Waals surface area contributed by atoms with E-state index in [2.05, 4.69) is 5.32 Å². The number of carbonyl (C=O) groups excluding carboxylic acids is 16. The van der Waals surface area contributed by atoms with E-state index >= 15 is 0 Å². The van der Waals surface area contributed by atoms with Gasteiger partial charge >= 0.3 is 0 Å². The molecular weight excluding hydrogens is 1680 g/mol. The van der Waals surface area contributed by atoms with E-state index in [9.17, 15) is 118 Å². The fourth-order valence-electron chi connectivity index (χ4n) is 13.8. The minimum absolute atomic E-state index is 0.0208. The molecule has 0 aliphatic carbocycles. The van der Waals surface area contributed by atoms with E-state index in [0.29, 0.717) is 12.8 Å². The van der Waals surface area contributed by atoms with Gasteiger partial charge in [0.25, 0.3) is 0 Å². The molecule has 0 aliphatic rings. The van der Waals surface area contributed by atoms with E-state index in [1.807, 2.05) is 13.8 Å². The fourth-order valence-corrected chi connectivity index (χ4v) is 13.8. The monoisotopic (exact) mass is 1840 g/mol. The molecule has 0 radical (unpaired) electrons. The van der Waals surface area contributed by atoms with Crippen molar-refractivity contribution >= 4 is 94.5 Å². The van der Waals surface area contributed by atoms with Crippen molar-refractivity contribution in [3.63, 3.8) is 0 Å². The molecule has 0 aliphatic heterocycles. The highest BCUT2D eigenvalue weighted by molar-refractivity contribution is 5.97. The van der Waals surface area contributed by atoms with Crippen LogP contribution in [0.15, 0.2) is 0 Å². The molecule has 0 bridgehead atoms. The van der Waals surface area contributed by atoms with Gasteiger partial charge in [0.2, 0.25) is 94.5 Å². The average molecular weight is 1840 g/mol. The predicted octanol–water partition coefficient (Wildman–Crippen LogP) is -2.08. The molecule has 11 N–H and O–H groups in total. The van der Waals surface area contributed by atoms with Crippen LogP contribution in [0, 0.1) is 0 Å². The van der Waals surface area contributed by atoms with Crippen LogP contribution in [0.1, 0.15) is 218 Å². The van der Waals surface area contributed by atoms with E-state index < -0.39 is 317 Å². The number of carbonyl (C=O) groups is 16. The third-order valence-electron chi connectivity index (χ3n) is 22.8. The van der Waals surface area contributed by atoms with Crippen molar-refractivity contribution in [1.82, 2.24) is 78.8 Å². The Morgan fingerprint density at radius 3 is 0.450 bits per heavy atom. The topological polar surface area (TPSA) is 522 Å². The summed E-state index contributed by atoms with van der Waals surface area (Å²) in [5, 5.41) is 88.3. The lowest BCUT2D eigenvalue weighted by molar-refractivity contribution is -0.152. The van der Waals surface area contributed by atoms with Crippen LogP contribution in [0.4, 0.5) is 0 Å². The Kier molecular flexibility index (Phi) is 56.8. The summed E-state index contributed by atoms with van der Waals surface area (Å²) in [5.41, 5.74) is 5.39. The van der Waals surface area contributed by atoms with Crippen molar-refractivity contribution in [2.75, 3.05) is 157 Å². The molecule has 0 fully saturated rings. The van der Waals surface area contributed by atoms with Crippen molar-refractivity contribution in [2.45, 2.75) is 315 Å². The molecule has 41 nitrogen and oxygen atoms in total. The first kappa shape index (κ1) is 120. The molecule has 41 heteroatoms. The molecule has 129 heavy (non-hydrogen) atoms. The summed E-state index contributed by atoms with van der Waals surface area (Å²) >= 11 is 0. The zero-order chi connectivity index (χ0) is 99.5. The van der Waals surface area contributed by atoms with Gasteiger partial charge in [-0.2, -0.15) is 0 Å². The van der Waals surface area contributed by atoms with Crippen molar-refractivity contribution in [3.8, 4) is 0 Å². The fraction of sp³-hybridized carbons (Fsp3) is 0.818. The highest BCUT2D eigenvalue weighted by atomic mass is 16.3. The second-order valence-corrected chi connectivity index (χ2v) is 35.1. The maximum atomic E-state index is 14.9. The number of hydrogen-bond acceptors (Lipinski definition) is 25. The number of amides is 16. The molecule has 16 unspecified atom stereocenters. The normalized spacial score (nSPS) is 15.1. The van der Waals surface area contributed by atoms with Gasteiger partial charge in [0, 0.05) is 101 Å². The number of aliphatic hydroxyl groups excluding tert-OH is 8. The van der Waals surface area contributed by atoms with E-state index in [1.165, 1.54) is 79.9 Å². The number of primary amides is 1. The van der Waals surface area contributed by atoms with Crippen LogP contribution in [0.2, 0.25) is 0 Å². The number of aliphatic hydroxyl groups is 8. The Bertz CT molecular complexity index is 3500. The summed E-state index contributed by atoms with van der Waals surface area (Å²) in [4.78, 5) is 246. The maximum Gasteiger partial charge on any atom is 0.242 e. The number of nitrogens with two attached hydrogens (primary N) is 1. The average Bonchev–Trinajstić information content (AvgIpc) is 0.840. The zero-order valence-electron chi connectivity index (χ0n) is 81.8. The summed E-state index contributed by atoms with van der Waals surface area (Å²) in [5.74, 6) is -12.3. The Labute approximate surface area is 765 Å². The minimum Gasteiger partial charge on any atom is -0.392 e. The third-order valence-corrected chi connectivity index (χ3v) is 22.8. The van der Waals surface area contributed by atoms with Gasteiger partial charge in [0.15, 0.2) is 0 Å². The van der Waals surface area contributed by atoms with Gasteiger partial charge in [-0.3, -0.25) is 76.7 Å². The number of rotatable bonds is 64. The van der Waals surface area contributed by atoms with Crippen LogP contribution in [-0.2, 0) is 76.7 Å². The Morgan fingerprint density at radius 1 is 0.202 bits per heavy atom. The SMILES string of the molecule is CCC(C)NCC(=O)N(CC(=O)N(CC(=O)N(CC(=O)N(CC(=O)N(CC(=O)N(CC(=O)N(CC(=O)N(CC(=O)N(CC(=O)N(CC(=O)N(CC(=O)N(CC(=O)N(CC(=O)N(CC(=O)N(CC(N)=O)CC(C)O)C(C)CC)CC(C)O)C(C)CC)CC(C)O)C(C)CC)CC(C)O)C(C)CC)CC(C)O)C(C)CC)CC(C)O)C(C)CC)CC(C)O)C(C)CC)CC(C)O. The van der Waals surface area contributed by atoms with Crippen LogP contribution in [-0.4, -0.2) is 463 Å². The van der Waals surface area contributed by atoms with Gasteiger partial charge in [-0.05, 0) is 162 Å². The van der Waals surface area contributed by atoms with Crippen LogP contribution in [0.3, 0.4) is 0 Å². The van der Waals surface area contributed by atoms with Crippen molar-refractivity contribution in [3.05, 3.63) is 0 Å². The van der Waals surface area contributed by atoms with Crippen molar-refractivity contribution in [2.24, 2.45) is 5.73 Å². The van der Waals surface area contributed by atoms with Crippen LogP contribution < -0.4 is 11.1 Å². The minimum atomic E-state index is -1.28. The molecule has 16 amide bonds. The summed E-state index contributed by atoms with van der Waals surface area (Å²) < 4.78 is 0. The Balaban J connectivity index is 7.35. The van der Waals surface area contributed by atoms with Gasteiger partial charge in [0.05, 0.1) is 108 Å². The van der Waals surface area contributed by atoms with Gasteiger partial charge in [0.1, 0.15) is 45.8 Å². The smallest absolute Gasteiger partial charge is 0.242 e.